The van der Waals surface area contributed by atoms with Gasteiger partial charge in [-0.05, 0) is 36.4 Å². The molecule has 0 N–H and O–H groups in total. The van der Waals surface area contributed by atoms with Gasteiger partial charge in [0.05, 0.1) is 7.11 Å². The first-order valence-electron chi connectivity index (χ1n) is 5.88. The average Bonchev–Trinajstić information content (AvgIpc) is 2.91. The number of fused-ring (bicyclic) bond motifs is 1. The van der Waals surface area contributed by atoms with Crippen molar-refractivity contribution in [2.24, 2.45) is 0 Å². The summed E-state index contributed by atoms with van der Waals surface area (Å²) in [4.78, 5) is 16.1. The van der Waals surface area contributed by atoms with E-state index >= 15 is 0 Å². The molecule has 0 aliphatic rings. The minimum absolute atomic E-state index is 0.378. The first-order chi connectivity index (χ1) is 9.69. The van der Waals surface area contributed by atoms with Gasteiger partial charge in [-0.15, -0.1) is 5.10 Å². The minimum atomic E-state index is -0.439. The van der Waals surface area contributed by atoms with Gasteiger partial charge in [0.15, 0.2) is 11.5 Å². The Kier molecular flexibility index (Phi) is 3.12. The van der Waals surface area contributed by atoms with E-state index in [1.807, 2.05) is 12.1 Å². The van der Waals surface area contributed by atoms with Crippen LogP contribution in [0.2, 0.25) is 5.02 Å². The minimum Gasteiger partial charge on any atom is -0.465 e. The number of nitrogens with zero attached hydrogens (tertiary/aromatic N) is 3. The summed E-state index contributed by atoms with van der Waals surface area (Å²) in [7, 11) is 1.34. The normalized spacial score (nSPS) is 10.7. The highest BCUT2D eigenvalue weighted by molar-refractivity contribution is 6.30. The first-order valence-corrected chi connectivity index (χ1v) is 6.26. The molecule has 0 bridgehead atoms. The summed E-state index contributed by atoms with van der Waals surface area (Å²) in [5, 5.41) is 4.99. The van der Waals surface area contributed by atoms with Crippen molar-refractivity contribution in [1.82, 2.24) is 14.6 Å². The van der Waals surface area contributed by atoms with Crippen LogP contribution in [0.25, 0.3) is 17.0 Å². The SMILES string of the molecule is COC(=O)c1cccn2nc(-c3ccc(Cl)cc3)nc12. The second-order valence-electron chi connectivity index (χ2n) is 4.12. The predicted molar refractivity (Wildman–Crippen MR) is 74.8 cm³/mol. The van der Waals surface area contributed by atoms with Crippen molar-refractivity contribution in [2.75, 3.05) is 7.11 Å². The molecule has 0 saturated carbocycles. The molecule has 6 heteroatoms. The maximum atomic E-state index is 11.7. The Morgan fingerprint density at radius 2 is 2.00 bits per heavy atom. The lowest BCUT2D eigenvalue weighted by molar-refractivity contribution is 0.0602. The van der Waals surface area contributed by atoms with Crippen LogP contribution in [0.5, 0.6) is 0 Å². The van der Waals surface area contributed by atoms with Gasteiger partial charge in [-0.25, -0.2) is 14.3 Å². The summed E-state index contributed by atoms with van der Waals surface area (Å²) in [6, 6.07) is 10.6. The Morgan fingerprint density at radius 3 is 2.70 bits per heavy atom. The molecule has 20 heavy (non-hydrogen) atoms. The molecule has 0 unspecified atom stereocenters. The summed E-state index contributed by atoms with van der Waals surface area (Å²) in [5.41, 5.74) is 1.67. The molecule has 2 aromatic heterocycles. The van der Waals surface area contributed by atoms with Gasteiger partial charge >= 0.3 is 5.97 Å². The summed E-state index contributed by atoms with van der Waals surface area (Å²) in [6.45, 7) is 0. The number of pyridine rings is 1. The molecule has 0 aliphatic heterocycles. The number of hydrogen-bond acceptors (Lipinski definition) is 4. The molecule has 0 aliphatic carbocycles. The molecule has 1 aromatic carbocycles. The van der Waals surface area contributed by atoms with Crippen molar-refractivity contribution >= 4 is 23.2 Å². The van der Waals surface area contributed by atoms with Crippen LogP contribution < -0.4 is 0 Å². The Hall–Kier alpha value is -2.40. The predicted octanol–water partition coefficient (Wildman–Crippen LogP) is 2.84. The Balaban J connectivity index is 2.15. The average molecular weight is 288 g/mol. The van der Waals surface area contributed by atoms with Crippen molar-refractivity contribution in [3.8, 4) is 11.4 Å². The Labute approximate surface area is 119 Å². The number of rotatable bonds is 2. The molecule has 0 radical (unpaired) electrons. The van der Waals surface area contributed by atoms with Gasteiger partial charge in [-0.1, -0.05) is 11.6 Å². The molecule has 3 aromatic rings. The number of methoxy groups -OCH3 is 1. The molecule has 2 heterocycles. The van der Waals surface area contributed by atoms with Crippen LogP contribution in [0.15, 0.2) is 42.6 Å². The van der Waals surface area contributed by atoms with Crippen molar-refractivity contribution in [3.63, 3.8) is 0 Å². The number of ether oxygens (including phenoxy) is 1. The van der Waals surface area contributed by atoms with Crippen LogP contribution in [0.3, 0.4) is 0 Å². The van der Waals surface area contributed by atoms with Gasteiger partial charge in [0.25, 0.3) is 0 Å². The molecule has 100 valence electrons. The van der Waals surface area contributed by atoms with Crippen LogP contribution in [0.1, 0.15) is 10.4 Å². The van der Waals surface area contributed by atoms with E-state index < -0.39 is 5.97 Å². The lowest BCUT2D eigenvalue weighted by atomic mass is 10.2. The van der Waals surface area contributed by atoms with Crippen LogP contribution in [-0.2, 0) is 4.74 Å². The van der Waals surface area contributed by atoms with Gasteiger partial charge in [0.1, 0.15) is 5.56 Å². The lowest BCUT2D eigenvalue weighted by Gasteiger charge is -1.99. The van der Waals surface area contributed by atoms with Gasteiger partial charge in [0, 0.05) is 16.8 Å². The third-order valence-corrected chi connectivity index (χ3v) is 3.12. The Morgan fingerprint density at radius 1 is 1.25 bits per heavy atom. The van der Waals surface area contributed by atoms with E-state index in [1.165, 1.54) is 7.11 Å². The van der Waals surface area contributed by atoms with Gasteiger partial charge in [-0.2, -0.15) is 0 Å². The molecule has 3 rings (SSSR count). The fourth-order valence-corrected chi connectivity index (χ4v) is 2.02. The summed E-state index contributed by atoms with van der Waals surface area (Å²) in [6.07, 6.45) is 1.73. The maximum absolute atomic E-state index is 11.7. The molecule has 0 atom stereocenters. The fraction of sp³-hybridized carbons (Fsp3) is 0.0714. The van der Waals surface area contributed by atoms with Crippen LogP contribution in [0.4, 0.5) is 0 Å². The maximum Gasteiger partial charge on any atom is 0.341 e. The topological polar surface area (TPSA) is 56.5 Å². The van der Waals surface area contributed by atoms with E-state index in [-0.39, 0.29) is 0 Å². The number of carbonyl (C=O) groups is 1. The van der Waals surface area contributed by atoms with Crippen molar-refractivity contribution < 1.29 is 9.53 Å². The second kappa shape index (κ2) is 4.94. The zero-order valence-electron chi connectivity index (χ0n) is 10.6. The summed E-state index contributed by atoms with van der Waals surface area (Å²) in [5.74, 6) is 0.0867. The number of halogens is 1. The van der Waals surface area contributed by atoms with E-state index in [1.54, 1.807) is 35.0 Å². The van der Waals surface area contributed by atoms with Crippen LogP contribution >= 0.6 is 11.6 Å². The van der Waals surface area contributed by atoms with Gasteiger partial charge in [-0.3, -0.25) is 0 Å². The monoisotopic (exact) mass is 287 g/mol. The van der Waals surface area contributed by atoms with E-state index in [2.05, 4.69) is 10.1 Å². The second-order valence-corrected chi connectivity index (χ2v) is 4.56. The van der Waals surface area contributed by atoms with Crippen LogP contribution in [0, 0.1) is 0 Å². The van der Waals surface area contributed by atoms with Crippen molar-refractivity contribution in [1.29, 1.82) is 0 Å². The standard InChI is InChI=1S/C14H10ClN3O2/c1-20-14(19)11-3-2-8-18-13(11)16-12(17-18)9-4-6-10(15)7-5-9/h2-8H,1H3. The van der Waals surface area contributed by atoms with E-state index in [0.29, 0.717) is 22.1 Å². The highest BCUT2D eigenvalue weighted by atomic mass is 35.5. The molecule has 5 nitrogen and oxygen atoms in total. The number of hydrogen-bond donors (Lipinski definition) is 0. The highest BCUT2D eigenvalue weighted by Crippen LogP contribution is 2.20. The van der Waals surface area contributed by atoms with Crippen LogP contribution in [-0.4, -0.2) is 27.7 Å². The smallest absolute Gasteiger partial charge is 0.341 e. The quantitative estimate of drug-likeness (QED) is 0.680. The third-order valence-electron chi connectivity index (χ3n) is 2.87. The van der Waals surface area contributed by atoms with Gasteiger partial charge < -0.3 is 4.74 Å². The first kappa shape index (κ1) is 12.6. The zero-order valence-corrected chi connectivity index (χ0v) is 11.3. The summed E-state index contributed by atoms with van der Waals surface area (Å²) >= 11 is 5.86. The third kappa shape index (κ3) is 2.12. The molecule has 0 saturated heterocycles. The lowest BCUT2D eigenvalue weighted by Crippen LogP contribution is -2.04. The largest absolute Gasteiger partial charge is 0.465 e. The molecular weight excluding hydrogens is 278 g/mol. The number of aromatic nitrogens is 3. The van der Waals surface area contributed by atoms with Crippen molar-refractivity contribution in [2.45, 2.75) is 0 Å². The van der Waals surface area contributed by atoms with E-state index in [4.69, 9.17) is 16.3 Å². The van der Waals surface area contributed by atoms with Gasteiger partial charge in [0.2, 0.25) is 0 Å². The van der Waals surface area contributed by atoms with E-state index in [0.717, 1.165) is 5.56 Å². The molecular formula is C14H10ClN3O2. The number of esters is 1. The highest BCUT2D eigenvalue weighted by Gasteiger charge is 2.15. The molecule has 0 amide bonds. The fourth-order valence-electron chi connectivity index (χ4n) is 1.90. The number of carbonyl (C=O) groups excluding carboxylic acids is 1. The molecule has 0 fully saturated rings. The van der Waals surface area contributed by atoms with E-state index in [9.17, 15) is 4.79 Å². The summed E-state index contributed by atoms with van der Waals surface area (Å²) < 4.78 is 6.29. The number of benzene rings is 1. The Bertz CT molecular complexity index is 781. The molecule has 0 spiro atoms. The zero-order chi connectivity index (χ0) is 14.1. The van der Waals surface area contributed by atoms with Crippen molar-refractivity contribution in [3.05, 3.63) is 53.2 Å².